The first-order valence-corrected chi connectivity index (χ1v) is 16.2. The fourth-order valence-corrected chi connectivity index (χ4v) is 10.5. The van der Waals surface area contributed by atoms with Crippen molar-refractivity contribution in [2.75, 3.05) is 6.61 Å². The van der Waals surface area contributed by atoms with Gasteiger partial charge in [0.2, 0.25) is 0 Å². The van der Waals surface area contributed by atoms with E-state index >= 15 is 0 Å². The average molecular weight is 465 g/mol. The normalized spacial score (nSPS) is 31.6. The molecule has 4 atom stereocenters. The number of rotatable bonds is 9. The highest BCUT2D eigenvalue weighted by atomic mass is 28.4. The third-order valence-electron chi connectivity index (χ3n) is 9.77. The van der Waals surface area contributed by atoms with E-state index in [1.54, 1.807) is 0 Å². The zero-order valence-electron chi connectivity index (χ0n) is 21.5. The van der Waals surface area contributed by atoms with Gasteiger partial charge in [-0.15, -0.1) is 0 Å². The molecule has 184 valence electrons. The van der Waals surface area contributed by atoms with Crippen LogP contribution < -0.4 is 0 Å². The lowest BCUT2D eigenvalue weighted by Crippen LogP contribution is -2.50. The van der Waals surface area contributed by atoms with Gasteiger partial charge in [0, 0.05) is 12.3 Å². The van der Waals surface area contributed by atoms with Gasteiger partial charge in [0.05, 0.1) is 11.5 Å². The van der Waals surface area contributed by atoms with Crippen LogP contribution >= 0.6 is 0 Å². The Hall–Kier alpha value is -0.683. The summed E-state index contributed by atoms with van der Waals surface area (Å²) in [5.41, 5.74) is -0.317. The van der Waals surface area contributed by atoms with Crippen LogP contribution in [0.4, 0.5) is 0 Å². The summed E-state index contributed by atoms with van der Waals surface area (Å²) in [7, 11) is -1.80. The predicted octanol–water partition coefficient (Wildman–Crippen LogP) is 7.07. The van der Waals surface area contributed by atoms with Gasteiger partial charge in [0.1, 0.15) is 12.4 Å². The van der Waals surface area contributed by atoms with Crippen LogP contribution in [0.5, 0.6) is 0 Å². The maximum absolute atomic E-state index is 13.3. The Morgan fingerprint density at radius 3 is 2.22 bits per heavy atom. The van der Waals surface area contributed by atoms with E-state index in [0.29, 0.717) is 12.4 Å². The molecule has 3 aliphatic rings. The average Bonchev–Trinajstić information content (AvgIpc) is 2.99. The van der Waals surface area contributed by atoms with Crippen LogP contribution in [0.25, 0.3) is 0 Å². The number of fused-ring (bicyclic) bond motifs is 1. The molecular weight excluding hydrogens is 416 g/mol. The standard InChI is InChI=1S/C27H48O4Si/c1-6-32(7-2,8-3)31-27(18-11-9-10-12-19-27)20-30-25(29)21(4)22-15-16-23-24(28)14-13-17-26(22,23)5/h21-23H,6-20H2,1-5H3/t21-,22+,23-,26+/m0/s1. The van der Waals surface area contributed by atoms with Crippen LogP contribution in [0.1, 0.15) is 105 Å². The molecule has 3 rings (SSSR count). The minimum absolute atomic E-state index is 0.0288. The van der Waals surface area contributed by atoms with Crippen molar-refractivity contribution in [1.82, 2.24) is 0 Å². The van der Waals surface area contributed by atoms with Crippen LogP contribution in [0.2, 0.25) is 18.1 Å². The molecule has 3 aliphatic carbocycles. The summed E-state index contributed by atoms with van der Waals surface area (Å²) >= 11 is 0. The highest BCUT2D eigenvalue weighted by molar-refractivity contribution is 6.73. The van der Waals surface area contributed by atoms with Crippen molar-refractivity contribution in [3.8, 4) is 0 Å². The topological polar surface area (TPSA) is 52.6 Å². The van der Waals surface area contributed by atoms with Gasteiger partial charge in [-0.3, -0.25) is 9.59 Å². The molecule has 0 N–H and O–H groups in total. The van der Waals surface area contributed by atoms with E-state index in [9.17, 15) is 9.59 Å². The molecule has 0 saturated heterocycles. The summed E-state index contributed by atoms with van der Waals surface area (Å²) in [5.74, 6) is 0.611. The van der Waals surface area contributed by atoms with Gasteiger partial charge in [-0.2, -0.15) is 0 Å². The predicted molar refractivity (Wildman–Crippen MR) is 132 cm³/mol. The summed E-state index contributed by atoms with van der Waals surface area (Å²) in [6.07, 6.45) is 11.6. The smallest absolute Gasteiger partial charge is 0.309 e. The fourth-order valence-electron chi connectivity index (χ4n) is 7.36. The summed E-state index contributed by atoms with van der Waals surface area (Å²) in [5, 5.41) is 0. The molecule has 0 aromatic rings. The minimum Gasteiger partial charge on any atom is -0.462 e. The zero-order chi connectivity index (χ0) is 23.4. The number of esters is 1. The van der Waals surface area contributed by atoms with E-state index in [-0.39, 0.29) is 34.7 Å². The second-order valence-corrected chi connectivity index (χ2v) is 16.1. The molecule has 0 unspecified atom stereocenters. The summed E-state index contributed by atoms with van der Waals surface area (Å²) in [6.45, 7) is 11.6. The molecule has 0 heterocycles. The van der Waals surface area contributed by atoms with E-state index in [4.69, 9.17) is 9.16 Å². The molecule has 0 aliphatic heterocycles. The molecule has 32 heavy (non-hydrogen) atoms. The number of hydrogen-bond donors (Lipinski definition) is 0. The Balaban J connectivity index is 1.70. The van der Waals surface area contributed by atoms with E-state index in [1.807, 2.05) is 6.92 Å². The van der Waals surface area contributed by atoms with Gasteiger partial charge in [-0.1, -0.05) is 60.3 Å². The van der Waals surface area contributed by atoms with E-state index in [2.05, 4.69) is 27.7 Å². The minimum atomic E-state index is -1.80. The quantitative estimate of drug-likeness (QED) is 0.208. The lowest BCUT2D eigenvalue weighted by molar-refractivity contribution is -0.160. The number of carbonyl (C=O) groups excluding carboxylic acids is 2. The molecular formula is C27H48O4Si. The van der Waals surface area contributed by atoms with Gasteiger partial charge in [-0.25, -0.2) is 0 Å². The van der Waals surface area contributed by atoms with Crippen molar-refractivity contribution >= 4 is 20.1 Å². The van der Waals surface area contributed by atoms with Gasteiger partial charge < -0.3 is 9.16 Å². The first kappa shape index (κ1) is 25.9. The molecule has 0 bridgehead atoms. The molecule has 4 nitrogen and oxygen atoms in total. The van der Waals surface area contributed by atoms with E-state index in [1.165, 1.54) is 25.7 Å². The molecule has 0 aromatic heterocycles. The molecule has 0 radical (unpaired) electrons. The Labute approximate surface area is 197 Å². The molecule has 5 heteroatoms. The van der Waals surface area contributed by atoms with Gasteiger partial charge in [0.15, 0.2) is 8.32 Å². The monoisotopic (exact) mass is 464 g/mol. The number of Topliss-reactive ketones (excluding diaryl/α,β-unsaturated/α-hetero) is 1. The van der Waals surface area contributed by atoms with Crippen LogP contribution in [-0.4, -0.2) is 32.3 Å². The van der Waals surface area contributed by atoms with Gasteiger partial charge in [-0.05, 0) is 68.0 Å². The number of carbonyl (C=O) groups is 2. The van der Waals surface area contributed by atoms with E-state index < -0.39 is 8.32 Å². The number of ether oxygens (including phenoxy) is 1. The molecule has 0 spiro atoms. The van der Waals surface area contributed by atoms with Crippen molar-refractivity contribution < 1.29 is 18.8 Å². The second-order valence-electron chi connectivity index (χ2n) is 11.4. The molecule has 3 saturated carbocycles. The summed E-state index contributed by atoms with van der Waals surface area (Å²) in [6, 6.07) is 3.38. The maximum atomic E-state index is 13.3. The number of ketones is 1. The van der Waals surface area contributed by atoms with Crippen LogP contribution in [0.3, 0.4) is 0 Å². The Morgan fingerprint density at radius 2 is 1.62 bits per heavy atom. The van der Waals surface area contributed by atoms with E-state index in [0.717, 1.165) is 63.1 Å². The largest absolute Gasteiger partial charge is 0.462 e. The SMILES string of the molecule is CC[Si](CC)(CC)OC1(COC(=O)[C@@H](C)[C@H]2CC[C@H]3C(=O)CCC[C@]23C)CCCCCC1. The summed E-state index contributed by atoms with van der Waals surface area (Å²) in [4.78, 5) is 25.8. The van der Waals surface area contributed by atoms with Crippen molar-refractivity contribution in [3.05, 3.63) is 0 Å². The van der Waals surface area contributed by atoms with Crippen molar-refractivity contribution in [3.63, 3.8) is 0 Å². The van der Waals surface area contributed by atoms with Crippen LogP contribution in [0, 0.1) is 23.2 Å². The Bertz CT molecular complexity index is 642. The van der Waals surface area contributed by atoms with Crippen LogP contribution in [-0.2, 0) is 18.8 Å². The van der Waals surface area contributed by atoms with Gasteiger partial charge >= 0.3 is 5.97 Å². The highest BCUT2D eigenvalue weighted by Gasteiger charge is 2.54. The third kappa shape index (κ3) is 5.19. The first-order valence-electron chi connectivity index (χ1n) is 13.6. The van der Waals surface area contributed by atoms with Crippen LogP contribution in [0.15, 0.2) is 0 Å². The third-order valence-corrected chi connectivity index (χ3v) is 14.5. The summed E-state index contributed by atoms with van der Waals surface area (Å²) < 4.78 is 13.2. The van der Waals surface area contributed by atoms with Gasteiger partial charge in [0.25, 0.3) is 0 Å². The number of hydrogen-bond acceptors (Lipinski definition) is 4. The lowest BCUT2D eigenvalue weighted by Gasteiger charge is -2.43. The first-order chi connectivity index (χ1) is 15.2. The van der Waals surface area contributed by atoms with Crippen molar-refractivity contribution in [2.24, 2.45) is 23.2 Å². The fraction of sp³-hybridized carbons (Fsp3) is 0.926. The Kier molecular flexibility index (Phi) is 8.68. The zero-order valence-corrected chi connectivity index (χ0v) is 22.5. The Morgan fingerprint density at radius 1 is 1.00 bits per heavy atom. The molecule has 0 aromatic carbocycles. The molecule has 3 fully saturated rings. The molecule has 0 amide bonds. The van der Waals surface area contributed by atoms with Crippen molar-refractivity contribution in [2.45, 2.75) is 129 Å². The van der Waals surface area contributed by atoms with Crippen molar-refractivity contribution in [1.29, 1.82) is 0 Å². The highest BCUT2D eigenvalue weighted by Crippen LogP contribution is 2.56. The lowest BCUT2D eigenvalue weighted by atomic mass is 9.62. The second kappa shape index (κ2) is 10.7. The maximum Gasteiger partial charge on any atom is 0.309 e.